The molecule has 154 valence electrons. The van der Waals surface area contributed by atoms with Gasteiger partial charge in [0.15, 0.2) is 0 Å². The Kier molecular flexibility index (Phi) is 5.76. The molecule has 0 radical (unpaired) electrons. The van der Waals surface area contributed by atoms with E-state index in [2.05, 4.69) is 5.32 Å². The number of nitrogens with one attached hydrogen (secondary N) is 1. The van der Waals surface area contributed by atoms with E-state index < -0.39 is 6.04 Å². The van der Waals surface area contributed by atoms with Crippen molar-refractivity contribution in [2.45, 2.75) is 6.04 Å². The second-order valence-electron chi connectivity index (χ2n) is 7.49. The zero-order valence-corrected chi connectivity index (χ0v) is 17.4. The summed E-state index contributed by atoms with van der Waals surface area (Å²) in [6.45, 7) is 0. The maximum atomic E-state index is 13.4. The number of hydrogen-bond donors (Lipinski definition) is 1. The normalized spacial score (nSPS) is 11.7. The lowest BCUT2D eigenvalue weighted by Crippen LogP contribution is -2.40. The Morgan fingerprint density at radius 2 is 1.45 bits per heavy atom. The van der Waals surface area contributed by atoms with Crippen molar-refractivity contribution in [3.05, 3.63) is 102 Å². The maximum absolute atomic E-state index is 13.4. The first-order chi connectivity index (χ1) is 15.0. The molecule has 5 nitrogen and oxygen atoms in total. The van der Waals surface area contributed by atoms with Gasteiger partial charge in [-0.05, 0) is 17.7 Å². The zero-order valence-electron chi connectivity index (χ0n) is 17.4. The summed E-state index contributed by atoms with van der Waals surface area (Å²) >= 11 is 0. The predicted molar refractivity (Wildman–Crippen MR) is 123 cm³/mol. The van der Waals surface area contributed by atoms with E-state index in [1.165, 1.54) is 4.90 Å². The van der Waals surface area contributed by atoms with Crippen LogP contribution in [0.4, 0.5) is 0 Å². The first kappa shape index (κ1) is 20.3. The Balaban J connectivity index is 1.78. The number of carbonyl (C=O) groups excluding carboxylic acids is 2. The average molecular weight is 409 g/mol. The zero-order chi connectivity index (χ0) is 21.8. The standard InChI is InChI=1S/C26H23N3O2/c1-29(2)26(31)24(19-13-7-4-8-14-19)28-25(30)21-17-23(18-11-5-3-6-12-18)27-22-16-10-9-15-20(21)22/h3-17,24H,1-2H3,(H,28,30)/t24-/m0/s1. The van der Waals surface area contributed by atoms with E-state index in [0.29, 0.717) is 11.3 Å². The number of rotatable bonds is 5. The van der Waals surface area contributed by atoms with E-state index in [-0.39, 0.29) is 11.8 Å². The lowest BCUT2D eigenvalue weighted by Gasteiger charge is -2.22. The number of benzene rings is 3. The molecule has 0 unspecified atom stereocenters. The molecule has 0 aliphatic carbocycles. The molecule has 0 aliphatic heterocycles. The average Bonchev–Trinajstić information content (AvgIpc) is 2.82. The summed E-state index contributed by atoms with van der Waals surface area (Å²) in [5.74, 6) is -0.513. The molecule has 5 heteroatoms. The second-order valence-corrected chi connectivity index (χ2v) is 7.49. The van der Waals surface area contributed by atoms with Crippen molar-refractivity contribution >= 4 is 22.7 Å². The number of hydrogen-bond acceptors (Lipinski definition) is 3. The molecular weight excluding hydrogens is 386 g/mol. The molecule has 0 aliphatic rings. The number of fused-ring (bicyclic) bond motifs is 1. The fourth-order valence-electron chi connectivity index (χ4n) is 3.52. The Morgan fingerprint density at radius 3 is 2.13 bits per heavy atom. The Labute approximate surface area is 181 Å². The van der Waals surface area contributed by atoms with Crippen molar-refractivity contribution < 1.29 is 9.59 Å². The van der Waals surface area contributed by atoms with Gasteiger partial charge in [-0.2, -0.15) is 0 Å². The molecule has 2 amide bonds. The molecule has 4 rings (SSSR count). The summed E-state index contributed by atoms with van der Waals surface area (Å²) in [5.41, 5.74) is 3.57. The van der Waals surface area contributed by atoms with E-state index >= 15 is 0 Å². The highest BCUT2D eigenvalue weighted by Crippen LogP contribution is 2.26. The van der Waals surface area contributed by atoms with Gasteiger partial charge in [0.1, 0.15) is 6.04 Å². The highest BCUT2D eigenvalue weighted by atomic mass is 16.2. The number of pyridine rings is 1. The largest absolute Gasteiger partial charge is 0.347 e. The molecule has 1 heterocycles. The summed E-state index contributed by atoms with van der Waals surface area (Å²) in [6, 6.07) is 27.5. The molecule has 0 spiro atoms. The van der Waals surface area contributed by atoms with Gasteiger partial charge in [0.05, 0.1) is 16.8 Å². The maximum Gasteiger partial charge on any atom is 0.252 e. The minimum absolute atomic E-state index is 0.193. The molecule has 4 aromatic rings. The van der Waals surface area contributed by atoms with E-state index in [4.69, 9.17) is 4.98 Å². The van der Waals surface area contributed by atoms with Gasteiger partial charge in [0, 0.05) is 25.0 Å². The number of aromatic nitrogens is 1. The molecule has 0 saturated carbocycles. The van der Waals surface area contributed by atoms with Gasteiger partial charge in [0.25, 0.3) is 5.91 Å². The third-order valence-corrected chi connectivity index (χ3v) is 5.13. The van der Waals surface area contributed by atoms with Crippen LogP contribution < -0.4 is 5.32 Å². The number of likely N-dealkylation sites (N-methyl/N-ethyl adjacent to an activating group) is 1. The van der Waals surface area contributed by atoms with E-state index in [1.807, 2.05) is 84.9 Å². The number of nitrogens with zero attached hydrogens (tertiary/aromatic N) is 2. The summed E-state index contributed by atoms with van der Waals surface area (Å²) in [7, 11) is 3.36. The lowest BCUT2D eigenvalue weighted by atomic mass is 10.0. The minimum atomic E-state index is -0.782. The van der Waals surface area contributed by atoms with Crippen molar-refractivity contribution in [2.75, 3.05) is 14.1 Å². The molecule has 0 bridgehead atoms. The molecular formula is C26H23N3O2. The summed E-state index contributed by atoms with van der Waals surface area (Å²) in [4.78, 5) is 32.5. The Bertz CT molecular complexity index is 1220. The van der Waals surface area contributed by atoms with E-state index in [9.17, 15) is 9.59 Å². The van der Waals surface area contributed by atoms with Crippen LogP contribution in [-0.4, -0.2) is 35.8 Å². The van der Waals surface area contributed by atoms with Crippen LogP contribution in [0, 0.1) is 0 Å². The van der Waals surface area contributed by atoms with Crippen molar-refractivity contribution in [3.8, 4) is 11.3 Å². The Morgan fingerprint density at radius 1 is 0.839 bits per heavy atom. The smallest absolute Gasteiger partial charge is 0.252 e. The van der Waals surface area contributed by atoms with Crippen LogP contribution in [0.5, 0.6) is 0 Å². The molecule has 0 saturated heterocycles. The minimum Gasteiger partial charge on any atom is -0.347 e. The monoisotopic (exact) mass is 409 g/mol. The van der Waals surface area contributed by atoms with Crippen LogP contribution in [0.15, 0.2) is 91.0 Å². The van der Waals surface area contributed by atoms with Crippen LogP contribution in [0.2, 0.25) is 0 Å². The van der Waals surface area contributed by atoms with Crippen LogP contribution in [0.25, 0.3) is 22.2 Å². The van der Waals surface area contributed by atoms with Crippen molar-refractivity contribution in [1.82, 2.24) is 15.2 Å². The van der Waals surface area contributed by atoms with Gasteiger partial charge in [-0.1, -0.05) is 78.9 Å². The van der Waals surface area contributed by atoms with Gasteiger partial charge in [0.2, 0.25) is 5.91 Å². The summed E-state index contributed by atoms with van der Waals surface area (Å²) in [6.07, 6.45) is 0. The number of amides is 2. The topological polar surface area (TPSA) is 62.3 Å². The van der Waals surface area contributed by atoms with Crippen LogP contribution in [-0.2, 0) is 4.79 Å². The van der Waals surface area contributed by atoms with Crippen LogP contribution >= 0.6 is 0 Å². The number of para-hydroxylation sites is 1. The fourth-order valence-corrected chi connectivity index (χ4v) is 3.52. The van der Waals surface area contributed by atoms with Crippen molar-refractivity contribution in [3.63, 3.8) is 0 Å². The predicted octanol–water partition coefficient (Wildman–Crippen LogP) is 4.46. The van der Waals surface area contributed by atoms with Gasteiger partial charge < -0.3 is 10.2 Å². The SMILES string of the molecule is CN(C)C(=O)[C@@H](NC(=O)c1cc(-c2ccccc2)nc2ccccc12)c1ccccc1. The third kappa shape index (κ3) is 4.31. The highest BCUT2D eigenvalue weighted by Gasteiger charge is 2.25. The van der Waals surface area contributed by atoms with Crippen LogP contribution in [0.3, 0.4) is 0 Å². The molecule has 1 N–H and O–H groups in total. The number of carbonyl (C=O) groups is 2. The third-order valence-electron chi connectivity index (χ3n) is 5.13. The Hall–Kier alpha value is -3.99. The molecule has 3 aromatic carbocycles. The van der Waals surface area contributed by atoms with Gasteiger partial charge in [-0.15, -0.1) is 0 Å². The molecule has 31 heavy (non-hydrogen) atoms. The van der Waals surface area contributed by atoms with E-state index in [1.54, 1.807) is 20.2 Å². The van der Waals surface area contributed by atoms with Gasteiger partial charge in [-0.25, -0.2) is 4.98 Å². The molecule has 1 aromatic heterocycles. The first-order valence-electron chi connectivity index (χ1n) is 10.1. The highest BCUT2D eigenvalue weighted by molar-refractivity contribution is 6.08. The second kappa shape index (κ2) is 8.79. The van der Waals surface area contributed by atoms with Crippen LogP contribution in [0.1, 0.15) is 22.0 Å². The van der Waals surface area contributed by atoms with Crippen molar-refractivity contribution in [1.29, 1.82) is 0 Å². The first-order valence-corrected chi connectivity index (χ1v) is 10.1. The van der Waals surface area contributed by atoms with Gasteiger partial charge in [-0.3, -0.25) is 9.59 Å². The lowest BCUT2D eigenvalue weighted by molar-refractivity contribution is -0.130. The van der Waals surface area contributed by atoms with Gasteiger partial charge >= 0.3 is 0 Å². The van der Waals surface area contributed by atoms with E-state index in [0.717, 1.165) is 22.0 Å². The summed E-state index contributed by atoms with van der Waals surface area (Å²) in [5, 5.41) is 3.68. The van der Waals surface area contributed by atoms with Crippen molar-refractivity contribution in [2.24, 2.45) is 0 Å². The quantitative estimate of drug-likeness (QED) is 0.529. The fraction of sp³-hybridized carbons (Fsp3) is 0.115. The molecule has 0 fully saturated rings. The summed E-state index contributed by atoms with van der Waals surface area (Å²) < 4.78 is 0. The molecule has 1 atom stereocenters.